The smallest absolute Gasteiger partial charge is 0.184 e. The van der Waals surface area contributed by atoms with Crippen LogP contribution in [0.3, 0.4) is 0 Å². The molecule has 0 bridgehead atoms. The van der Waals surface area contributed by atoms with Crippen molar-refractivity contribution in [3.63, 3.8) is 0 Å². The van der Waals surface area contributed by atoms with Gasteiger partial charge in [-0.25, -0.2) is 0 Å². The second-order valence-electron chi connectivity index (χ2n) is 4.27. The van der Waals surface area contributed by atoms with Crippen LogP contribution in [0.1, 0.15) is 25.2 Å². The van der Waals surface area contributed by atoms with E-state index >= 15 is 0 Å². The zero-order valence-corrected chi connectivity index (χ0v) is 9.95. The molecule has 3 nitrogen and oxygen atoms in total. The van der Waals surface area contributed by atoms with E-state index in [1.54, 1.807) is 6.08 Å². The minimum atomic E-state index is -0.604. The molecule has 1 aliphatic rings. The number of aliphatic hydroxyl groups is 1. The number of hydrogen-bond acceptors (Lipinski definition) is 3. The molecule has 0 saturated carbocycles. The molecule has 1 saturated heterocycles. The Balaban J connectivity index is 2.13. The molecule has 1 aromatic rings. The van der Waals surface area contributed by atoms with Gasteiger partial charge in [0.2, 0.25) is 0 Å². The fourth-order valence-corrected chi connectivity index (χ4v) is 1.98. The molecule has 0 radical (unpaired) electrons. The second kappa shape index (κ2) is 5.45. The van der Waals surface area contributed by atoms with E-state index in [2.05, 4.69) is 6.58 Å². The van der Waals surface area contributed by atoms with Gasteiger partial charge in [0.1, 0.15) is 6.10 Å². The Morgan fingerprint density at radius 2 is 2.00 bits per heavy atom. The monoisotopic (exact) mass is 234 g/mol. The molecule has 1 fully saturated rings. The summed E-state index contributed by atoms with van der Waals surface area (Å²) in [6, 6.07) is 9.76. The van der Waals surface area contributed by atoms with Crippen molar-refractivity contribution in [1.29, 1.82) is 0 Å². The number of rotatable bonds is 3. The number of hydrogen-bond donors (Lipinski definition) is 1. The topological polar surface area (TPSA) is 38.7 Å². The van der Waals surface area contributed by atoms with E-state index in [1.165, 1.54) is 0 Å². The average molecular weight is 234 g/mol. The lowest BCUT2D eigenvalue weighted by Gasteiger charge is -2.38. The summed E-state index contributed by atoms with van der Waals surface area (Å²) in [7, 11) is 0. The second-order valence-corrected chi connectivity index (χ2v) is 4.27. The molecule has 3 heteroatoms. The van der Waals surface area contributed by atoms with Gasteiger partial charge in [-0.2, -0.15) is 0 Å². The van der Waals surface area contributed by atoms with Crippen LogP contribution < -0.4 is 0 Å². The Bertz CT molecular complexity index is 363. The van der Waals surface area contributed by atoms with Crippen molar-refractivity contribution in [2.24, 2.45) is 0 Å². The lowest BCUT2D eigenvalue weighted by molar-refractivity contribution is -0.283. The quantitative estimate of drug-likeness (QED) is 0.816. The molecule has 4 atom stereocenters. The van der Waals surface area contributed by atoms with Gasteiger partial charge in [0.05, 0.1) is 12.2 Å². The van der Waals surface area contributed by atoms with E-state index < -0.39 is 12.4 Å². The highest BCUT2D eigenvalue weighted by Crippen LogP contribution is 2.31. The molecule has 0 unspecified atom stereocenters. The van der Waals surface area contributed by atoms with E-state index in [0.717, 1.165) is 5.56 Å². The van der Waals surface area contributed by atoms with Crippen LogP contribution in [0.15, 0.2) is 43.0 Å². The number of aliphatic hydroxyl groups excluding tert-OH is 1. The maximum atomic E-state index is 9.94. The molecule has 0 aliphatic carbocycles. The van der Waals surface area contributed by atoms with Crippen molar-refractivity contribution in [3.8, 4) is 0 Å². The summed E-state index contributed by atoms with van der Waals surface area (Å²) in [4.78, 5) is 0. The molecule has 1 aromatic carbocycles. The van der Waals surface area contributed by atoms with Crippen LogP contribution in [0, 0.1) is 0 Å². The first-order valence-corrected chi connectivity index (χ1v) is 5.87. The normalized spacial score (nSPS) is 33.3. The van der Waals surface area contributed by atoms with E-state index in [0.29, 0.717) is 6.42 Å². The van der Waals surface area contributed by atoms with Gasteiger partial charge in [0, 0.05) is 5.56 Å². The van der Waals surface area contributed by atoms with E-state index in [9.17, 15) is 5.11 Å². The molecule has 2 rings (SSSR count). The summed E-state index contributed by atoms with van der Waals surface area (Å²) in [5.74, 6) is 0. The van der Waals surface area contributed by atoms with Crippen molar-refractivity contribution in [2.75, 3.05) is 0 Å². The molecule has 0 aromatic heterocycles. The minimum absolute atomic E-state index is 0.237. The molecule has 0 amide bonds. The van der Waals surface area contributed by atoms with E-state index in [1.807, 2.05) is 37.3 Å². The largest absolute Gasteiger partial charge is 0.388 e. The van der Waals surface area contributed by atoms with Crippen molar-refractivity contribution in [2.45, 2.75) is 37.9 Å². The number of benzene rings is 1. The highest BCUT2D eigenvalue weighted by Gasteiger charge is 2.35. The fraction of sp³-hybridized carbons (Fsp3) is 0.429. The SMILES string of the molecule is C=CC[C@H]1O[C@@H](c2ccccc2)O[C@H](C)[C@H]1O. The fourth-order valence-electron chi connectivity index (χ4n) is 1.98. The Morgan fingerprint density at radius 3 is 2.65 bits per heavy atom. The highest BCUT2D eigenvalue weighted by atomic mass is 16.7. The Labute approximate surface area is 102 Å². The molecule has 92 valence electrons. The van der Waals surface area contributed by atoms with Crippen LogP contribution in [0.4, 0.5) is 0 Å². The van der Waals surface area contributed by atoms with Gasteiger partial charge >= 0.3 is 0 Å². The van der Waals surface area contributed by atoms with Crippen molar-refractivity contribution in [3.05, 3.63) is 48.6 Å². The van der Waals surface area contributed by atoms with Gasteiger partial charge in [0.25, 0.3) is 0 Å². The van der Waals surface area contributed by atoms with Crippen LogP contribution in [-0.2, 0) is 9.47 Å². The van der Waals surface area contributed by atoms with Crippen molar-refractivity contribution >= 4 is 0 Å². The highest BCUT2D eigenvalue weighted by molar-refractivity contribution is 5.16. The third-order valence-electron chi connectivity index (χ3n) is 2.97. The molecule has 17 heavy (non-hydrogen) atoms. The Morgan fingerprint density at radius 1 is 1.29 bits per heavy atom. The van der Waals surface area contributed by atoms with Crippen molar-refractivity contribution in [1.82, 2.24) is 0 Å². The molecular weight excluding hydrogens is 216 g/mol. The average Bonchev–Trinajstić information content (AvgIpc) is 2.36. The van der Waals surface area contributed by atoms with Crippen LogP contribution >= 0.6 is 0 Å². The predicted molar refractivity (Wildman–Crippen MR) is 65.4 cm³/mol. The first-order valence-electron chi connectivity index (χ1n) is 5.87. The first kappa shape index (κ1) is 12.3. The summed E-state index contributed by atoms with van der Waals surface area (Å²) < 4.78 is 11.4. The standard InChI is InChI=1S/C14H18O3/c1-3-7-12-13(15)10(2)16-14(17-12)11-8-5-4-6-9-11/h3-6,8-10,12-15H,1,7H2,2H3/t10-,12-,13-,14+/m1/s1. The van der Waals surface area contributed by atoms with Crippen LogP contribution in [0.25, 0.3) is 0 Å². The number of ether oxygens (including phenoxy) is 2. The van der Waals surface area contributed by atoms with E-state index in [4.69, 9.17) is 9.47 Å². The zero-order valence-electron chi connectivity index (χ0n) is 9.95. The van der Waals surface area contributed by atoms with Crippen LogP contribution in [0.5, 0.6) is 0 Å². The molecule has 1 heterocycles. The molecular formula is C14H18O3. The maximum Gasteiger partial charge on any atom is 0.184 e. The van der Waals surface area contributed by atoms with Crippen LogP contribution in [-0.4, -0.2) is 23.4 Å². The summed E-state index contributed by atoms with van der Waals surface area (Å²) in [6.45, 7) is 5.54. The zero-order chi connectivity index (χ0) is 12.3. The van der Waals surface area contributed by atoms with Gasteiger partial charge in [-0.1, -0.05) is 36.4 Å². The summed E-state index contributed by atoms with van der Waals surface area (Å²) >= 11 is 0. The molecule has 0 spiro atoms. The van der Waals surface area contributed by atoms with Gasteiger partial charge in [-0.05, 0) is 13.3 Å². The maximum absolute atomic E-state index is 9.94. The first-order chi connectivity index (χ1) is 8.22. The van der Waals surface area contributed by atoms with E-state index in [-0.39, 0.29) is 12.2 Å². The Hall–Kier alpha value is -1.16. The third kappa shape index (κ3) is 2.75. The van der Waals surface area contributed by atoms with Gasteiger partial charge in [-0.3, -0.25) is 0 Å². The van der Waals surface area contributed by atoms with Gasteiger partial charge in [0.15, 0.2) is 6.29 Å². The van der Waals surface area contributed by atoms with Gasteiger partial charge < -0.3 is 14.6 Å². The van der Waals surface area contributed by atoms with Crippen LogP contribution in [0.2, 0.25) is 0 Å². The molecule has 1 aliphatic heterocycles. The summed E-state index contributed by atoms with van der Waals surface area (Å²) in [5.41, 5.74) is 0.973. The lowest BCUT2D eigenvalue weighted by atomic mass is 10.0. The van der Waals surface area contributed by atoms with Gasteiger partial charge in [-0.15, -0.1) is 6.58 Å². The minimum Gasteiger partial charge on any atom is -0.388 e. The predicted octanol–water partition coefficient (Wildman–Crippen LogP) is 2.43. The Kier molecular flexibility index (Phi) is 3.94. The summed E-state index contributed by atoms with van der Waals surface area (Å²) in [6.07, 6.45) is 0.888. The third-order valence-corrected chi connectivity index (χ3v) is 2.97. The summed E-state index contributed by atoms with van der Waals surface area (Å²) in [5, 5.41) is 9.94. The van der Waals surface area contributed by atoms with Crippen molar-refractivity contribution < 1.29 is 14.6 Å². The lowest BCUT2D eigenvalue weighted by Crippen LogP contribution is -2.45. The molecule has 1 N–H and O–H groups in total.